The van der Waals surface area contributed by atoms with E-state index in [1.165, 1.54) is 4.68 Å². The molecule has 1 aromatic heterocycles. The van der Waals surface area contributed by atoms with E-state index < -0.39 is 17.6 Å². The molecule has 3 rings (SSSR count). The molecule has 1 amide bonds. The van der Waals surface area contributed by atoms with Crippen LogP contribution in [0.5, 0.6) is 5.75 Å². The molecule has 0 saturated carbocycles. The highest BCUT2D eigenvalue weighted by Gasteiger charge is 2.30. The fourth-order valence-corrected chi connectivity index (χ4v) is 3.11. The van der Waals surface area contributed by atoms with Crippen molar-refractivity contribution in [3.8, 4) is 11.8 Å². The summed E-state index contributed by atoms with van der Waals surface area (Å²) >= 11 is 0. The number of tetrazole rings is 1. The number of nitrogens with zero attached hydrogens (tertiary/aromatic N) is 5. The van der Waals surface area contributed by atoms with Gasteiger partial charge in [-0.2, -0.15) is 5.26 Å². The summed E-state index contributed by atoms with van der Waals surface area (Å²) in [6, 6.07) is 19.9. The fourth-order valence-electron chi connectivity index (χ4n) is 3.11. The van der Waals surface area contributed by atoms with Crippen LogP contribution in [0.15, 0.2) is 60.7 Å². The molecule has 2 atom stereocenters. The van der Waals surface area contributed by atoms with Gasteiger partial charge in [-0.1, -0.05) is 48.5 Å². The average Bonchev–Trinajstić information content (AvgIpc) is 3.31. The first-order valence-corrected chi connectivity index (χ1v) is 10.9. The third-order valence-corrected chi connectivity index (χ3v) is 4.97. The molecule has 10 nitrogen and oxygen atoms in total. The second-order valence-corrected chi connectivity index (χ2v) is 8.37. The lowest BCUT2D eigenvalue weighted by Crippen LogP contribution is -2.51. The Balaban J connectivity index is 1.79. The van der Waals surface area contributed by atoms with Crippen LogP contribution in [-0.2, 0) is 16.1 Å². The van der Waals surface area contributed by atoms with E-state index in [4.69, 9.17) is 15.2 Å². The van der Waals surface area contributed by atoms with Crippen molar-refractivity contribution >= 4 is 5.91 Å². The lowest BCUT2D eigenvalue weighted by molar-refractivity contribution is -0.126. The Morgan fingerprint density at radius 1 is 1.15 bits per heavy atom. The van der Waals surface area contributed by atoms with Crippen LogP contribution < -0.4 is 15.8 Å². The number of aromatic nitrogens is 4. The first-order valence-electron chi connectivity index (χ1n) is 10.9. The van der Waals surface area contributed by atoms with E-state index in [1.807, 2.05) is 60.7 Å². The largest absolute Gasteiger partial charge is 0.491 e. The van der Waals surface area contributed by atoms with Crippen molar-refractivity contribution in [3.05, 3.63) is 72.1 Å². The number of nitrogens with two attached hydrogens (primary N) is 1. The minimum absolute atomic E-state index is 0.107. The van der Waals surface area contributed by atoms with E-state index in [0.29, 0.717) is 18.2 Å². The van der Waals surface area contributed by atoms with E-state index in [0.717, 1.165) is 5.56 Å². The number of nitrogens with one attached hydrogen (secondary N) is 1. The highest BCUT2D eigenvalue weighted by atomic mass is 16.5. The van der Waals surface area contributed by atoms with Crippen molar-refractivity contribution in [3.63, 3.8) is 0 Å². The number of carbonyl (C=O) groups excluding carboxylic acids is 1. The predicted octanol–water partition coefficient (Wildman–Crippen LogP) is 2.32. The number of rotatable bonds is 12. The van der Waals surface area contributed by atoms with Gasteiger partial charge in [-0.15, -0.1) is 5.10 Å². The third kappa shape index (κ3) is 7.10. The molecular weight excluding hydrogens is 434 g/mol. The van der Waals surface area contributed by atoms with E-state index in [2.05, 4.69) is 26.9 Å². The van der Waals surface area contributed by atoms with E-state index in [-0.39, 0.29) is 25.5 Å². The number of ether oxygens (including phenoxy) is 2. The highest BCUT2D eigenvalue weighted by Crippen LogP contribution is 2.20. The third-order valence-electron chi connectivity index (χ3n) is 4.97. The van der Waals surface area contributed by atoms with Crippen LogP contribution in [0.2, 0.25) is 0 Å². The molecular formula is C24H29N7O3. The molecule has 178 valence electrons. The first-order chi connectivity index (χ1) is 16.4. The van der Waals surface area contributed by atoms with Crippen LogP contribution in [0.3, 0.4) is 0 Å². The van der Waals surface area contributed by atoms with Gasteiger partial charge in [0.05, 0.1) is 31.2 Å². The van der Waals surface area contributed by atoms with Gasteiger partial charge in [0, 0.05) is 0 Å². The molecule has 3 N–H and O–H groups in total. The summed E-state index contributed by atoms with van der Waals surface area (Å²) in [6.45, 7) is 3.84. The topological polar surface area (TPSA) is 141 Å². The zero-order chi connectivity index (χ0) is 24.4. The molecule has 0 unspecified atom stereocenters. The number of carbonyl (C=O) groups is 1. The standard InChI is InChI=1S/C24H29N7O3/c1-24(2,26)23(32)27-21(17-33-15-18-9-5-3-6-10-18)22-28-29-30-31(22)19(13-14-25)16-34-20-11-7-4-8-12-20/h3-12,19,21H,13,15-17,26H2,1-2H3,(H,27,32)/t19-,21+/m0/s1. The highest BCUT2D eigenvalue weighted by molar-refractivity contribution is 5.85. The van der Waals surface area contributed by atoms with Crippen molar-refractivity contribution in [1.29, 1.82) is 5.26 Å². The minimum Gasteiger partial charge on any atom is -0.491 e. The summed E-state index contributed by atoms with van der Waals surface area (Å²) in [5.74, 6) is 0.635. The Morgan fingerprint density at radius 2 is 1.82 bits per heavy atom. The molecule has 1 heterocycles. The van der Waals surface area contributed by atoms with Crippen LogP contribution in [-0.4, -0.2) is 44.9 Å². The zero-order valence-corrected chi connectivity index (χ0v) is 19.3. The van der Waals surface area contributed by atoms with Crippen molar-refractivity contribution in [2.24, 2.45) is 5.73 Å². The van der Waals surface area contributed by atoms with Crippen LogP contribution in [0, 0.1) is 11.3 Å². The van der Waals surface area contributed by atoms with Crippen LogP contribution in [0.4, 0.5) is 0 Å². The Labute approximate surface area is 198 Å². The molecule has 2 aromatic carbocycles. The Morgan fingerprint density at radius 3 is 2.47 bits per heavy atom. The van der Waals surface area contributed by atoms with Crippen LogP contribution in [0.1, 0.15) is 43.7 Å². The maximum atomic E-state index is 12.7. The van der Waals surface area contributed by atoms with E-state index in [1.54, 1.807) is 13.8 Å². The fraction of sp³-hybridized carbons (Fsp3) is 0.375. The molecule has 0 fully saturated rings. The molecule has 0 aliphatic carbocycles. The Bertz CT molecular complexity index is 1080. The summed E-state index contributed by atoms with van der Waals surface area (Å²) in [5, 5.41) is 24.3. The number of benzene rings is 2. The molecule has 34 heavy (non-hydrogen) atoms. The summed E-state index contributed by atoms with van der Waals surface area (Å²) < 4.78 is 13.2. The lowest BCUT2D eigenvalue weighted by Gasteiger charge is -2.25. The smallest absolute Gasteiger partial charge is 0.240 e. The lowest BCUT2D eigenvalue weighted by atomic mass is 10.1. The van der Waals surface area contributed by atoms with Crippen molar-refractivity contribution in [2.45, 2.75) is 44.5 Å². The van der Waals surface area contributed by atoms with Gasteiger partial charge >= 0.3 is 0 Å². The monoisotopic (exact) mass is 463 g/mol. The molecule has 3 aromatic rings. The van der Waals surface area contributed by atoms with Gasteiger partial charge in [-0.3, -0.25) is 4.79 Å². The average molecular weight is 464 g/mol. The van der Waals surface area contributed by atoms with Crippen molar-refractivity contribution < 1.29 is 14.3 Å². The SMILES string of the molecule is CC(C)(N)C(=O)N[C@H](COCc1ccccc1)c1nnnn1[C@@H](CC#N)COc1ccccc1. The van der Waals surface area contributed by atoms with Crippen LogP contribution in [0.25, 0.3) is 0 Å². The summed E-state index contributed by atoms with van der Waals surface area (Å²) in [5.41, 5.74) is 5.86. The van der Waals surface area contributed by atoms with Crippen LogP contribution >= 0.6 is 0 Å². The quantitative estimate of drug-likeness (QED) is 0.417. The van der Waals surface area contributed by atoms with Gasteiger partial charge in [0.1, 0.15) is 24.4 Å². The summed E-state index contributed by atoms with van der Waals surface area (Å²) in [7, 11) is 0. The molecule has 0 aliphatic rings. The summed E-state index contributed by atoms with van der Waals surface area (Å²) in [6.07, 6.45) is 0.110. The molecule has 0 spiro atoms. The molecule has 0 saturated heterocycles. The predicted molar refractivity (Wildman–Crippen MR) is 124 cm³/mol. The normalized spacial score (nSPS) is 13.0. The van der Waals surface area contributed by atoms with E-state index in [9.17, 15) is 10.1 Å². The number of para-hydroxylation sites is 1. The van der Waals surface area contributed by atoms with Crippen molar-refractivity contribution in [1.82, 2.24) is 25.5 Å². The molecule has 10 heteroatoms. The maximum Gasteiger partial charge on any atom is 0.240 e. The minimum atomic E-state index is -1.11. The van der Waals surface area contributed by atoms with Gasteiger partial charge in [-0.25, -0.2) is 4.68 Å². The second kappa shape index (κ2) is 11.9. The number of nitriles is 1. The molecule has 0 aliphatic heterocycles. The second-order valence-electron chi connectivity index (χ2n) is 8.37. The number of hydrogen-bond donors (Lipinski definition) is 2. The Hall–Kier alpha value is -3.81. The van der Waals surface area contributed by atoms with Crippen molar-refractivity contribution in [2.75, 3.05) is 13.2 Å². The zero-order valence-electron chi connectivity index (χ0n) is 19.3. The molecule has 0 bridgehead atoms. The first kappa shape index (κ1) is 24.8. The van der Waals surface area contributed by atoms with Gasteiger partial charge in [-0.05, 0) is 42.0 Å². The number of amides is 1. The van der Waals surface area contributed by atoms with E-state index >= 15 is 0 Å². The summed E-state index contributed by atoms with van der Waals surface area (Å²) in [4.78, 5) is 12.7. The molecule has 0 radical (unpaired) electrons. The van der Waals surface area contributed by atoms with Gasteiger partial charge in [0.15, 0.2) is 5.82 Å². The number of hydrogen-bond acceptors (Lipinski definition) is 8. The van der Waals surface area contributed by atoms with Gasteiger partial charge < -0.3 is 20.5 Å². The van der Waals surface area contributed by atoms with Gasteiger partial charge in [0.25, 0.3) is 0 Å². The van der Waals surface area contributed by atoms with Gasteiger partial charge in [0.2, 0.25) is 5.91 Å². The Kier molecular flexibility index (Phi) is 8.67. The maximum absolute atomic E-state index is 12.7.